The van der Waals surface area contributed by atoms with Crippen LogP contribution >= 0.6 is 11.6 Å². The SMILES string of the molecule is Cc1cccc(C)c1N1C[C@@H](C(=O)OCC(=O)NNC(=O)c2ccc(Cl)cc2)CC1=O. The van der Waals surface area contributed by atoms with Crippen LogP contribution in [-0.4, -0.2) is 36.8 Å². The summed E-state index contributed by atoms with van der Waals surface area (Å²) in [4.78, 5) is 50.2. The Labute approximate surface area is 184 Å². The van der Waals surface area contributed by atoms with E-state index < -0.39 is 30.3 Å². The molecule has 2 N–H and O–H groups in total. The van der Waals surface area contributed by atoms with Gasteiger partial charge in [0.25, 0.3) is 11.8 Å². The van der Waals surface area contributed by atoms with Crippen molar-refractivity contribution in [3.63, 3.8) is 0 Å². The van der Waals surface area contributed by atoms with Crippen molar-refractivity contribution in [2.75, 3.05) is 18.1 Å². The van der Waals surface area contributed by atoms with E-state index in [0.717, 1.165) is 16.8 Å². The summed E-state index contributed by atoms with van der Waals surface area (Å²) in [6, 6.07) is 11.8. The van der Waals surface area contributed by atoms with Gasteiger partial charge in [-0.25, -0.2) is 0 Å². The highest BCUT2D eigenvalue weighted by Gasteiger charge is 2.37. The Balaban J connectivity index is 1.48. The molecule has 162 valence electrons. The van der Waals surface area contributed by atoms with Crippen molar-refractivity contribution in [2.45, 2.75) is 20.3 Å². The molecule has 9 heteroatoms. The first-order valence-electron chi connectivity index (χ1n) is 9.64. The summed E-state index contributed by atoms with van der Waals surface area (Å²) in [6.45, 7) is 3.43. The summed E-state index contributed by atoms with van der Waals surface area (Å²) in [5.41, 5.74) is 7.38. The maximum atomic E-state index is 12.4. The van der Waals surface area contributed by atoms with Gasteiger partial charge in [-0.3, -0.25) is 30.0 Å². The van der Waals surface area contributed by atoms with Crippen LogP contribution in [0.15, 0.2) is 42.5 Å². The topological polar surface area (TPSA) is 105 Å². The number of aryl methyl sites for hydroxylation is 2. The first-order valence-corrected chi connectivity index (χ1v) is 10.0. The average Bonchev–Trinajstić information content (AvgIpc) is 3.12. The molecule has 31 heavy (non-hydrogen) atoms. The van der Waals surface area contributed by atoms with Crippen LogP contribution in [0.2, 0.25) is 5.02 Å². The second-order valence-corrected chi connectivity index (χ2v) is 7.70. The minimum atomic E-state index is -0.702. The molecule has 1 aliphatic rings. The second-order valence-electron chi connectivity index (χ2n) is 7.26. The van der Waals surface area contributed by atoms with Gasteiger partial charge in [-0.1, -0.05) is 29.8 Å². The number of benzene rings is 2. The van der Waals surface area contributed by atoms with E-state index in [4.69, 9.17) is 16.3 Å². The lowest BCUT2D eigenvalue weighted by molar-refractivity contribution is -0.152. The van der Waals surface area contributed by atoms with Crippen LogP contribution in [0.5, 0.6) is 0 Å². The highest BCUT2D eigenvalue weighted by atomic mass is 35.5. The van der Waals surface area contributed by atoms with Crippen LogP contribution in [0.3, 0.4) is 0 Å². The summed E-state index contributed by atoms with van der Waals surface area (Å²) in [5.74, 6) is -2.71. The van der Waals surface area contributed by atoms with Gasteiger partial charge in [-0.05, 0) is 49.2 Å². The zero-order valence-corrected chi connectivity index (χ0v) is 17.9. The molecule has 1 aliphatic heterocycles. The van der Waals surface area contributed by atoms with Gasteiger partial charge in [0.2, 0.25) is 5.91 Å². The molecule has 0 unspecified atom stereocenters. The number of amides is 3. The second kappa shape index (κ2) is 9.61. The fourth-order valence-corrected chi connectivity index (χ4v) is 3.53. The summed E-state index contributed by atoms with van der Waals surface area (Å²) in [7, 11) is 0. The van der Waals surface area contributed by atoms with Gasteiger partial charge < -0.3 is 9.64 Å². The van der Waals surface area contributed by atoms with Crippen molar-refractivity contribution in [1.29, 1.82) is 0 Å². The number of para-hydroxylation sites is 1. The van der Waals surface area contributed by atoms with Crippen molar-refractivity contribution < 1.29 is 23.9 Å². The van der Waals surface area contributed by atoms with E-state index in [1.807, 2.05) is 32.0 Å². The Bertz CT molecular complexity index is 1000. The monoisotopic (exact) mass is 443 g/mol. The first kappa shape index (κ1) is 22.3. The molecular weight excluding hydrogens is 422 g/mol. The predicted octanol–water partition coefficient (Wildman–Crippen LogP) is 2.31. The van der Waals surface area contributed by atoms with Crippen LogP contribution in [0.25, 0.3) is 0 Å². The molecule has 1 atom stereocenters. The Hall–Kier alpha value is -3.39. The number of nitrogens with one attached hydrogen (secondary N) is 2. The smallest absolute Gasteiger partial charge is 0.311 e. The van der Waals surface area contributed by atoms with Crippen molar-refractivity contribution in [2.24, 2.45) is 5.92 Å². The third-order valence-electron chi connectivity index (χ3n) is 4.94. The lowest BCUT2D eigenvalue weighted by Crippen LogP contribution is -2.43. The molecule has 0 bridgehead atoms. The van der Waals surface area contributed by atoms with Gasteiger partial charge in [0.05, 0.1) is 5.92 Å². The van der Waals surface area contributed by atoms with Crippen molar-refractivity contribution in [1.82, 2.24) is 10.9 Å². The largest absolute Gasteiger partial charge is 0.455 e. The fourth-order valence-electron chi connectivity index (χ4n) is 3.40. The molecule has 3 amide bonds. The molecule has 0 radical (unpaired) electrons. The van der Waals surface area contributed by atoms with Crippen molar-refractivity contribution >= 4 is 41.0 Å². The number of rotatable bonds is 5. The predicted molar refractivity (Wildman–Crippen MR) is 114 cm³/mol. The Kier molecular flexibility index (Phi) is 6.91. The molecule has 1 heterocycles. The molecule has 8 nitrogen and oxygen atoms in total. The highest BCUT2D eigenvalue weighted by Crippen LogP contribution is 2.31. The molecule has 2 aromatic carbocycles. The number of ether oxygens (including phenoxy) is 1. The Morgan fingerprint density at radius 1 is 1.06 bits per heavy atom. The zero-order valence-electron chi connectivity index (χ0n) is 17.1. The minimum Gasteiger partial charge on any atom is -0.455 e. The van der Waals surface area contributed by atoms with Gasteiger partial charge in [0.15, 0.2) is 6.61 Å². The van der Waals surface area contributed by atoms with Gasteiger partial charge in [-0.15, -0.1) is 0 Å². The number of hydrazine groups is 1. The summed E-state index contributed by atoms with van der Waals surface area (Å²) in [5, 5.41) is 0.481. The Morgan fingerprint density at radius 3 is 2.35 bits per heavy atom. The van der Waals surface area contributed by atoms with Gasteiger partial charge >= 0.3 is 5.97 Å². The van der Waals surface area contributed by atoms with Crippen LogP contribution in [0.4, 0.5) is 5.69 Å². The number of esters is 1. The standard InChI is InChI=1S/C22H22ClN3O5/c1-13-4-3-5-14(2)20(13)26-11-16(10-19(26)28)22(30)31-12-18(27)24-25-21(29)15-6-8-17(23)9-7-15/h3-9,16H,10-12H2,1-2H3,(H,24,27)(H,25,29)/t16-/m0/s1. The number of hydrogen-bond acceptors (Lipinski definition) is 5. The van der Waals surface area contributed by atoms with E-state index in [1.165, 1.54) is 12.1 Å². The molecule has 1 fully saturated rings. The van der Waals surface area contributed by atoms with E-state index in [1.54, 1.807) is 17.0 Å². The van der Waals surface area contributed by atoms with E-state index in [9.17, 15) is 19.2 Å². The van der Waals surface area contributed by atoms with Crippen molar-refractivity contribution in [3.8, 4) is 0 Å². The van der Waals surface area contributed by atoms with E-state index in [-0.39, 0.29) is 18.9 Å². The van der Waals surface area contributed by atoms with Crippen LogP contribution < -0.4 is 15.8 Å². The quantitative estimate of drug-likeness (QED) is 0.545. The molecule has 2 aromatic rings. The molecule has 0 saturated carbocycles. The number of nitrogens with zero attached hydrogens (tertiary/aromatic N) is 1. The number of hydrogen-bond donors (Lipinski definition) is 2. The number of carbonyl (C=O) groups excluding carboxylic acids is 4. The third kappa shape index (κ3) is 5.40. The lowest BCUT2D eigenvalue weighted by atomic mass is 10.1. The van der Waals surface area contributed by atoms with Gasteiger partial charge in [0.1, 0.15) is 0 Å². The Morgan fingerprint density at radius 2 is 1.71 bits per heavy atom. The first-order chi connectivity index (χ1) is 14.8. The summed E-state index contributed by atoms with van der Waals surface area (Å²) < 4.78 is 5.04. The van der Waals surface area contributed by atoms with Crippen LogP contribution in [0, 0.1) is 19.8 Å². The normalized spacial score (nSPS) is 15.5. The summed E-state index contributed by atoms with van der Waals surface area (Å²) in [6.07, 6.45) is 0.0154. The molecule has 0 spiro atoms. The van der Waals surface area contributed by atoms with Gasteiger partial charge in [0, 0.05) is 29.2 Å². The maximum Gasteiger partial charge on any atom is 0.311 e. The van der Waals surface area contributed by atoms with Crippen molar-refractivity contribution in [3.05, 3.63) is 64.2 Å². The highest BCUT2D eigenvalue weighted by molar-refractivity contribution is 6.30. The average molecular weight is 444 g/mol. The van der Waals surface area contributed by atoms with E-state index >= 15 is 0 Å². The zero-order chi connectivity index (χ0) is 22.5. The van der Waals surface area contributed by atoms with E-state index in [0.29, 0.717) is 10.6 Å². The maximum absolute atomic E-state index is 12.4. The third-order valence-corrected chi connectivity index (χ3v) is 5.19. The minimum absolute atomic E-state index is 0.0154. The van der Waals surface area contributed by atoms with Crippen LogP contribution in [0.1, 0.15) is 27.9 Å². The van der Waals surface area contributed by atoms with E-state index in [2.05, 4.69) is 10.9 Å². The molecule has 1 saturated heterocycles. The number of anilines is 1. The summed E-state index contributed by atoms with van der Waals surface area (Å²) >= 11 is 5.76. The molecule has 3 rings (SSSR count). The number of halogens is 1. The lowest BCUT2D eigenvalue weighted by Gasteiger charge is -2.21. The molecular formula is C22H22ClN3O5. The van der Waals surface area contributed by atoms with Gasteiger partial charge in [-0.2, -0.15) is 0 Å². The number of carbonyl (C=O) groups is 4. The molecule has 0 aliphatic carbocycles. The fraction of sp³-hybridized carbons (Fsp3) is 0.273. The molecule has 0 aromatic heterocycles. The van der Waals surface area contributed by atoms with Crippen LogP contribution in [-0.2, 0) is 19.1 Å².